The summed E-state index contributed by atoms with van der Waals surface area (Å²) < 4.78 is 0. The molecule has 3 atom stereocenters. The summed E-state index contributed by atoms with van der Waals surface area (Å²) in [5, 5.41) is 3.78. The Morgan fingerprint density at radius 2 is 1.89 bits per heavy atom. The van der Waals surface area contributed by atoms with Gasteiger partial charge in [0.2, 0.25) is 0 Å². The van der Waals surface area contributed by atoms with Gasteiger partial charge in [-0.15, -0.1) is 11.8 Å². The van der Waals surface area contributed by atoms with Gasteiger partial charge in [-0.1, -0.05) is 31.7 Å². The summed E-state index contributed by atoms with van der Waals surface area (Å²) in [7, 11) is 0. The molecule has 2 fully saturated rings. The monoisotopic (exact) mass is 275 g/mol. The molecule has 2 aliphatic rings. The van der Waals surface area contributed by atoms with Gasteiger partial charge < -0.3 is 5.32 Å². The Kier molecular flexibility index (Phi) is 4.37. The third kappa shape index (κ3) is 3.28. The molecule has 0 radical (unpaired) electrons. The fraction of sp³-hybridized carbons (Fsp3) is 0.647. The van der Waals surface area contributed by atoms with Gasteiger partial charge in [0.1, 0.15) is 0 Å². The molecule has 1 aromatic rings. The number of hydrogen-bond donors (Lipinski definition) is 1. The standard InChI is InChI=1S/C17H25NS/c1-19-17-8-4-7-15(12-17)18-16-10-9-13-5-2-3-6-14(13)11-16/h4,7-8,12-14,16,18H,2-3,5-6,9-11H2,1H3. The van der Waals surface area contributed by atoms with Crippen LogP contribution in [0.5, 0.6) is 0 Å². The van der Waals surface area contributed by atoms with Gasteiger partial charge in [0.15, 0.2) is 0 Å². The molecule has 2 aliphatic carbocycles. The normalized spacial score (nSPS) is 30.7. The van der Waals surface area contributed by atoms with Crippen LogP contribution in [0.15, 0.2) is 29.2 Å². The van der Waals surface area contributed by atoms with Crippen LogP contribution in [0.2, 0.25) is 0 Å². The average Bonchev–Trinajstić information content (AvgIpc) is 2.47. The summed E-state index contributed by atoms with van der Waals surface area (Å²) in [5.74, 6) is 2.05. The van der Waals surface area contributed by atoms with Crippen LogP contribution in [0.4, 0.5) is 5.69 Å². The van der Waals surface area contributed by atoms with Crippen molar-refractivity contribution in [2.24, 2.45) is 11.8 Å². The Balaban J connectivity index is 1.60. The molecule has 0 bridgehead atoms. The van der Waals surface area contributed by atoms with E-state index in [1.807, 2.05) is 11.8 Å². The molecular weight excluding hydrogens is 250 g/mol. The molecule has 0 spiro atoms. The Morgan fingerprint density at radius 1 is 1.05 bits per heavy atom. The quantitative estimate of drug-likeness (QED) is 0.763. The molecule has 104 valence electrons. The third-order valence-corrected chi connectivity index (χ3v) is 5.71. The summed E-state index contributed by atoms with van der Waals surface area (Å²) in [5.41, 5.74) is 1.31. The summed E-state index contributed by atoms with van der Waals surface area (Å²) >= 11 is 1.82. The number of thioether (sulfide) groups is 1. The van der Waals surface area contributed by atoms with Crippen molar-refractivity contribution in [1.29, 1.82) is 0 Å². The highest BCUT2D eigenvalue weighted by Crippen LogP contribution is 2.41. The molecule has 1 aromatic carbocycles. The van der Waals surface area contributed by atoms with Crippen LogP contribution in [0, 0.1) is 11.8 Å². The summed E-state index contributed by atoms with van der Waals surface area (Å²) in [6.45, 7) is 0. The van der Waals surface area contributed by atoms with Gasteiger partial charge in [0, 0.05) is 16.6 Å². The Hall–Kier alpha value is -0.630. The number of fused-ring (bicyclic) bond motifs is 1. The van der Waals surface area contributed by atoms with Crippen LogP contribution in [0.3, 0.4) is 0 Å². The highest BCUT2D eigenvalue weighted by molar-refractivity contribution is 7.98. The zero-order valence-corrected chi connectivity index (χ0v) is 12.7. The van der Waals surface area contributed by atoms with Crippen molar-refractivity contribution in [3.63, 3.8) is 0 Å². The molecule has 0 saturated heterocycles. The summed E-state index contributed by atoms with van der Waals surface area (Å²) in [4.78, 5) is 1.36. The van der Waals surface area contributed by atoms with Crippen molar-refractivity contribution in [3.05, 3.63) is 24.3 Å². The molecule has 2 saturated carbocycles. The first kappa shape index (κ1) is 13.4. The molecule has 3 unspecified atom stereocenters. The van der Waals surface area contributed by atoms with Crippen LogP contribution in [-0.4, -0.2) is 12.3 Å². The molecular formula is C17H25NS. The largest absolute Gasteiger partial charge is 0.382 e. The molecule has 0 aromatic heterocycles. The van der Waals surface area contributed by atoms with Crippen molar-refractivity contribution >= 4 is 17.4 Å². The van der Waals surface area contributed by atoms with Gasteiger partial charge >= 0.3 is 0 Å². The second-order valence-electron chi connectivity index (χ2n) is 6.19. The van der Waals surface area contributed by atoms with Crippen molar-refractivity contribution in [3.8, 4) is 0 Å². The zero-order valence-electron chi connectivity index (χ0n) is 11.9. The fourth-order valence-electron chi connectivity index (χ4n) is 3.95. The van der Waals surface area contributed by atoms with Crippen molar-refractivity contribution in [2.45, 2.75) is 55.9 Å². The van der Waals surface area contributed by atoms with E-state index in [0.29, 0.717) is 6.04 Å². The van der Waals surface area contributed by atoms with E-state index < -0.39 is 0 Å². The molecule has 0 amide bonds. The second kappa shape index (κ2) is 6.21. The summed E-state index contributed by atoms with van der Waals surface area (Å²) in [6.07, 6.45) is 12.3. The van der Waals surface area contributed by atoms with E-state index in [2.05, 4.69) is 35.8 Å². The van der Waals surface area contributed by atoms with E-state index in [0.717, 1.165) is 11.8 Å². The molecule has 0 aliphatic heterocycles. The van der Waals surface area contributed by atoms with Crippen LogP contribution in [0.1, 0.15) is 44.9 Å². The molecule has 2 heteroatoms. The molecule has 0 heterocycles. The van der Waals surface area contributed by atoms with Crippen molar-refractivity contribution in [1.82, 2.24) is 0 Å². The number of hydrogen-bond acceptors (Lipinski definition) is 2. The average molecular weight is 275 g/mol. The molecule has 1 N–H and O–H groups in total. The minimum absolute atomic E-state index is 0.705. The van der Waals surface area contributed by atoms with E-state index in [9.17, 15) is 0 Å². The van der Waals surface area contributed by atoms with E-state index in [4.69, 9.17) is 0 Å². The molecule has 1 nitrogen and oxygen atoms in total. The lowest BCUT2D eigenvalue weighted by Gasteiger charge is -2.39. The predicted octanol–water partition coefficient (Wildman–Crippen LogP) is 5.18. The van der Waals surface area contributed by atoms with Gasteiger partial charge in [-0.05, 0) is 55.6 Å². The Morgan fingerprint density at radius 3 is 2.74 bits per heavy atom. The fourth-order valence-corrected chi connectivity index (χ4v) is 4.41. The van der Waals surface area contributed by atoms with Gasteiger partial charge in [0.05, 0.1) is 0 Å². The maximum atomic E-state index is 3.78. The van der Waals surface area contributed by atoms with Crippen LogP contribution in [0.25, 0.3) is 0 Å². The van der Waals surface area contributed by atoms with E-state index in [1.165, 1.54) is 55.5 Å². The lowest BCUT2D eigenvalue weighted by molar-refractivity contribution is 0.162. The van der Waals surface area contributed by atoms with Crippen molar-refractivity contribution in [2.75, 3.05) is 11.6 Å². The van der Waals surface area contributed by atoms with Gasteiger partial charge in [0.25, 0.3) is 0 Å². The highest BCUT2D eigenvalue weighted by atomic mass is 32.2. The van der Waals surface area contributed by atoms with Crippen molar-refractivity contribution < 1.29 is 0 Å². The van der Waals surface area contributed by atoms with E-state index >= 15 is 0 Å². The summed E-state index contributed by atoms with van der Waals surface area (Å²) in [6, 6.07) is 9.56. The van der Waals surface area contributed by atoms with Gasteiger partial charge in [-0.25, -0.2) is 0 Å². The Labute approximate surface area is 121 Å². The predicted molar refractivity (Wildman–Crippen MR) is 84.9 cm³/mol. The van der Waals surface area contributed by atoms with Crippen LogP contribution < -0.4 is 5.32 Å². The van der Waals surface area contributed by atoms with Gasteiger partial charge in [-0.2, -0.15) is 0 Å². The lowest BCUT2D eigenvalue weighted by atomic mass is 9.69. The smallest absolute Gasteiger partial charge is 0.0353 e. The first-order valence-electron chi connectivity index (χ1n) is 7.76. The number of benzene rings is 1. The number of nitrogens with one attached hydrogen (secondary N) is 1. The molecule has 3 rings (SSSR count). The third-order valence-electron chi connectivity index (χ3n) is 4.98. The molecule has 19 heavy (non-hydrogen) atoms. The minimum atomic E-state index is 0.705. The van der Waals surface area contributed by atoms with Crippen LogP contribution >= 0.6 is 11.8 Å². The number of anilines is 1. The van der Waals surface area contributed by atoms with Crippen LogP contribution in [-0.2, 0) is 0 Å². The number of rotatable bonds is 3. The first-order chi connectivity index (χ1) is 9.35. The van der Waals surface area contributed by atoms with E-state index in [-0.39, 0.29) is 0 Å². The van der Waals surface area contributed by atoms with Gasteiger partial charge in [-0.3, -0.25) is 0 Å². The maximum absolute atomic E-state index is 3.78. The highest BCUT2D eigenvalue weighted by Gasteiger charge is 2.31. The van der Waals surface area contributed by atoms with E-state index in [1.54, 1.807) is 0 Å². The lowest BCUT2D eigenvalue weighted by Crippen LogP contribution is -2.34. The maximum Gasteiger partial charge on any atom is 0.0353 e. The first-order valence-corrected chi connectivity index (χ1v) is 8.98. The Bertz CT molecular complexity index is 417. The SMILES string of the molecule is CSc1cccc(NC2CCC3CCCCC3C2)c1. The topological polar surface area (TPSA) is 12.0 Å². The second-order valence-corrected chi connectivity index (χ2v) is 7.07. The minimum Gasteiger partial charge on any atom is -0.382 e. The zero-order chi connectivity index (χ0) is 13.1.